The predicted molar refractivity (Wildman–Crippen MR) is 139 cm³/mol. The average molecular weight is 493 g/mol. The summed E-state index contributed by atoms with van der Waals surface area (Å²) in [5, 5.41) is 2.82. The second-order valence-corrected chi connectivity index (χ2v) is 10.8. The van der Waals surface area contributed by atoms with Crippen LogP contribution in [0.5, 0.6) is 0 Å². The number of carbonyl (C=O) groups excluding carboxylic acids is 2. The number of benzene rings is 3. The SMILES string of the molecule is CCc1ccc(C(C)N(C)C(=O)c2ccc(NC(=O)Cc3ccc(S(=O)(=O)CC)cc3)cc2)cc1. The van der Waals surface area contributed by atoms with E-state index in [4.69, 9.17) is 0 Å². The first-order valence-electron chi connectivity index (χ1n) is 11.7. The quantitative estimate of drug-likeness (QED) is 0.453. The Balaban J connectivity index is 1.59. The molecule has 6 nitrogen and oxygen atoms in total. The van der Waals surface area contributed by atoms with Crippen molar-refractivity contribution in [1.29, 1.82) is 0 Å². The largest absolute Gasteiger partial charge is 0.335 e. The molecular formula is C28H32N2O4S. The number of rotatable bonds is 9. The lowest BCUT2D eigenvalue weighted by atomic mass is 10.0. The van der Waals surface area contributed by atoms with E-state index in [1.807, 2.05) is 6.92 Å². The molecule has 1 N–H and O–H groups in total. The average Bonchev–Trinajstić information content (AvgIpc) is 2.88. The Bertz CT molecular complexity index is 1270. The van der Waals surface area contributed by atoms with E-state index in [0.29, 0.717) is 16.8 Å². The summed E-state index contributed by atoms with van der Waals surface area (Å²) in [6.07, 6.45) is 1.09. The van der Waals surface area contributed by atoms with Crippen LogP contribution in [0.4, 0.5) is 5.69 Å². The van der Waals surface area contributed by atoms with Gasteiger partial charge in [-0.2, -0.15) is 0 Å². The molecule has 0 spiro atoms. The van der Waals surface area contributed by atoms with Crippen LogP contribution < -0.4 is 5.32 Å². The smallest absolute Gasteiger partial charge is 0.254 e. The monoisotopic (exact) mass is 492 g/mol. The predicted octanol–water partition coefficient (Wildman–Crippen LogP) is 5.06. The number of aryl methyl sites for hydroxylation is 1. The summed E-state index contributed by atoms with van der Waals surface area (Å²) in [6, 6.07) is 21.4. The molecular weight excluding hydrogens is 460 g/mol. The van der Waals surface area contributed by atoms with Gasteiger partial charge in [-0.05, 0) is 66.4 Å². The van der Waals surface area contributed by atoms with Crippen LogP contribution in [-0.4, -0.2) is 37.9 Å². The molecule has 2 amide bonds. The molecule has 0 aliphatic carbocycles. The molecule has 184 valence electrons. The fraction of sp³-hybridized carbons (Fsp3) is 0.286. The molecule has 3 aromatic rings. The summed E-state index contributed by atoms with van der Waals surface area (Å²) in [4.78, 5) is 27.4. The van der Waals surface area contributed by atoms with Gasteiger partial charge in [0.25, 0.3) is 5.91 Å². The highest BCUT2D eigenvalue weighted by Crippen LogP contribution is 2.22. The molecule has 0 saturated carbocycles. The number of amides is 2. The first-order valence-corrected chi connectivity index (χ1v) is 13.4. The molecule has 3 aromatic carbocycles. The maximum absolute atomic E-state index is 13.0. The van der Waals surface area contributed by atoms with Crippen LogP contribution in [0.1, 0.15) is 53.9 Å². The Labute approximate surface area is 207 Å². The summed E-state index contributed by atoms with van der Waals surface area (Å²) in [6.45, 7) is 5.70. The second-order valence-electron chi connectivity index (χ2n) is 8.54. The van der Waals surface area contributed by atoms with Gasteiger partial charge in [0.2, 0.25) is 5.91 Å². The Morgan fingerprint density at radius 3 is 1.97 bits per heavy atom. The first-order chi connectivity index (χ1) is 16.6. The number of anilines is 1. The Hall–Kier alpha value is -3.45. The van der Waals surface area contributed by atoms with Crippen molar-refractivity contribution in [1.82, 2.24) is 4.90 Å². The molecule has 1 atom stereocenters. The van der Waals surface area contributed by atoms with Crippen molar-refractivity contribution in [3.8, 4) is 0 Å². The number of carbonyl (C=O) groups is 2. The second kappa shape index (κ2) is 11.3. The normalized spacial score (nSPS) is 12.1. The van der Waals surface area contributed by atoms with Crippen molar-refractivity contribution in [2.75, 3.05) is 18.1 Å². The van der Waals surface area contributed by atoms with Crippen molar-refractivity contribution < 1.29 is 18.0 Å². The van der Waals surface area contributed by atoms with Crippen LogP contribution in [0.2, 0.25) is 0 Å². The highest BCUT2D eigenvalue weighted by atomic mass is 32.2. The minimum absolute atomic E-state index is 0.0338. The fourth-order valence-corrected chi connectivity index (χ4v) is 4.59. The van der Waals surface area contributed by atoms with E-state index in [2.05, 4.69) is 36.5 Å². The molecule has 0 heterocycles. The van der Waals surface area contributed by atoms with Crippen LogP contribution >= 0.6 is 0 Å². The van der Waals surface area contributed by atoms with E-state index in [1.54, 1.807) is 55.3 Å². The van der Waals surface area contributed by atoms with Crippen molar-refractivity contribution in [3.63, 3.8) is 0 Å². The van der Waals surface area contributed by atoms with E-state index in [1.165, 1.54) is 17.7 Å². The zero-order valence-electron chi connectivity index (χ0n) is 20.6. The third kappa shape index (κ3) is 6.57. The van der Waals surface area contributed by atoms with Gasteiger partial charge in [-0.3, -0.25) is 9.59 Å². The third-order valence-electron chi connectivity index (χ3n) is 6.21. The Morgan fingerprint density at radius 1 is 0.857 bits per heavy atom. The number of nitrogens with zero attached hydrogens (tertiary/aromatic N) is 1. The molecule has 0 fully saturated rings. The third-order valence-corrected chi connectivity index (χ3v) is 7.96. The molecule has 0 aliphatic rings. The number of hydrogen-bond acceptors (Lipinski definition) is 4. The highest BCUT2D eigenvalue weighted by Gasteiger charge is 2.19. The molecule has 0 saturated heterocycles. The Morgan fingerprint density at radius 2 is 1.43 bits per heavy atom. The van der Waals surface area contributed by atoms with E-state index in [9.17, 15) is 18.0 Å². The lowest BCUT2D eigenvalue weighted by molar-refractivity contribution is -0.115. The van der Waals surface area contributed by atoms with Crippen LogP contribution in [0.15, 0.2) is 77.7 Å². The van der Waals surface area contributed by atoms with Crippen LogP contribution in [-0.2, 0) is 27.5 Å². The zero-order chi connectivity index (χ0) is 25.6. The summed E-state index contributed by atoms with van der Waals surface area (Å²) in [5.74, 6) is -0.292. The van der Waals surface area contributed by atoms with Gasteiger partial charge in [0, 0.05) is 18.3 Å². The van der Waals surface area contributed by atoms with Crippen molar-refractivity contribution in [3.05, 3.63) is 95.1 Å². The van der Waals surface area contributed by atoms with Crippen LogP contribution in [0.25, 0.3) is 0 Å². The minimum Gasteiger partial charge on any atom is -0.335 e. The molecule has 35 heavy (non-hydrogen) atoms. The lowest BCUT2D eigenvalue weighted by Gasteiger charge is -2.25. The molecule has 1 unspecified atom stereocenters. The minimum atomic E-state index is -3.27. The van der Waals surface area contributed by atoms with E-state index in [0.717, 1.165) is 12.0 Å². The number of nitrogens with one attached hydrogen (secondary N) is 1. The fourth-order valence-electron chi connectivity index (χ4n) is 3.70. The van der Waals surface area contributed by atoms with Gasteiger partial charge in [0.1, 0.15) is 0 Å². The maximum Gasteiger partial charge on any atom is 0.254 e. The molecule has 0 bridgehead atoms. The highest BCUT2D eigenvalue weighted by molar-refractivity contribution is 7.91. The van der Waals surface area contributed by atoms with Gasteiger partial charge in [-0.1, -0.05) is 50.2 Å². The van der Waals surface area contributed by atoms with Gasteiger partial charge in [-0.15, -0.1) is 0 Å². The van der Waals surface area contributed by atoms with E-state index in [-0.39, 0.29) is 34.9 Å². The lowest BCUT2D eigenvalue weighted by Crippen LogP contribution is -2.29. The van der Waals surface area contributed by atoms with Gasteiger partial charge < -0.3 is 10.2 Å². The van der Waals surface area contributed by atoms with Crippen LogP contribution in [0.3, 0.4) is 0 Å². The van der Waals surface area contributed by atoms with Crippen molar-refractivity contribution in [2.45, 2.75) is 44.6 Å². The molecule has 0 aliphatic heterocycles. The van der Waals surface area contributed by atoms with E-state index >= 15 is 0 Å². The topological polar surface area (TPSA) is 83.6 Å². The summed E-state index contributed by atoms with van der Waals surface area (Å²) in [5.41, 5.74) is 4.17. The standard InChI is InChI=1S/C28H32N2O4S/c1-5-21-7-11-23(12-8-21)20(3)30(4)28(32)24-13-15-25(16-14-24)29-27(31)19-22-9-17-26(18-10-22)35(33,34)6-2/h7-18,20H,5-6,19H2,1-4H3,(H,29,31). The number of sulfone groups is 1. The van der Waals surface area contributed by atoms with Gasteiger partial charge in [0.05, 0.1) is 23.1 Å². The van der Waals surface area contributed by atoms with E-state index < -0.39 is 9.84 Å². The van der Waals surface area contributed by atoms with Gasteiger partial charge >= 0.3 is 0 Å². The van der Waals surface area contributed by atoms with Crippen molar-refractivity contribution in [2.24, 2.45) is 0 Å². The zero-order valence-corrected chi connectivity index (χ0v) is 21.4. The van der Waals surface area contributed by atoms with Crippen molar-refractivity contribution >= 4 is 27.3 Å². The summed E-state index contributed by atoms with van der Waals surface area (Å²) < 4.78 is 23.8. The Kier molecular flexibility index (Phi) is 8.46. The molecule has 0 radical (unpaired) electrons. The molecule has 3 rings (SSSR count). The molecule has 7 heteroatoms. The summed E-state index contributed by atoms with van der Waals surface area (Å²) >= 11 is 0. The first kappa shape index (κ1) is 26.2. The number of hydrogen-bond donors (Lipinski definition) is 1. The van der Waals surface area contributed by atoms with Crippen LogP contribution in [0, 0.1) is 0 Å². The maximum atomic E-state index is 13.0. The van der Waals surface area contributed by atoms with Gasteiger partial charge in [0.15, 0.2) is 9.84 Å². The summed E-state index contributed by atoms with van der Waals surface area (Å²) in [7, 11) is -1.48. The van der Waals surface area contributed by atoms with Gasteiger partial charge in [-0.25, -0.2) is 8.42 Å². The molecule has 0 aromatic heterocycles.